The van der Waals surface area contributed by atoms with Gasteiger partial charge in [0.25, 0.3) is 0 Å². The highest BCUT2D eigenvalue weighted by Crippen LogP contribution is 2.20. The molecule has 0 aliphatic carbocycles. The molecule has 3 nitrogen and oxygen atoms in total. The minimum atomic E-state index is 0.455. The van der Waals surface area contributed by atoms with E-state index in [4.69, 9.17) is 5.73 Å². The van der Waals surface area contributed by atoms with Gasteiger partial charge in [-0.3, -0.25) is 9.98 Å². The largest absolute Gasteiger partial charge is 0.326 e. The molecule has 0 unspecified atom stereocenters. The van der Waals surface area contributed by atoms with Crippen LogP contribution in [-0.4, -0.2) is 26.0 Å². The summed E-state index contributed by atoms with van der Waals surface area (Å²) in [6.07, 6.45) is 3.51. The van der Waals surface area contributed by atoms with E-state index in [1.807, 2.05) is 31.3 Å². The van der Waals surface area contributed by atoms with Crippen LogP contribution in [0.2, 0.25) is 0 Å². The summed E-state index contributed by atoms with van der Waals surface area (Å²) in [6.45, 7) is 2.50. The Balaban J connectivity index is 3.14. The van der Waals surface area contributed by atoms with Gasteiger partial charge in [0.15, 0.2) is 0 Å². The van der Waals surface area contributed by atoms with Gasteiger partial charge >= 0.3 is 0 Å². The van der Waals surface area contributed by atoms with Crippen molar-refractivity contribution in [3.8, 4) is 0 Å². The number of aliphatic imine (C=N–C) groups is 2. The highest BCUT2D eigenvalue weighted by atomic mass is 14.7. The molecule has 0 atom stereocenters. The Morgan fingerprint density at radius 3 is 2.86 bits per heavy atom. The van der Waals surface area contributed by atoms with Crippen LogP contribution in [0.15, 0.2) is 28.2 Å². The van der Waals surface area contributed by atoms with Crippen LogP contribution in [0.25, 0.3) is 0 Å². The summed E-state index contributed by atoms with van der Waals surface area (Å²) in [5.41, 5.74) is 8.50. The van der Waals surface area contributed by atoms with Gasteiger partial charge in [0.2, 0.25) is 0 Å². The second-order valence-corrected chi connectivity index (χ2v) is 2.94. The van der Waals surface area contributed by atoms with E-state index < -0.39 is 0 Å². The molecule has 1 aromatic rings. The highest BCUT2D eigenvalue weighted by molar-refractivity contribution is 5.89. The number of hydrogen-bond donors (Lipinski definition) is 1. The maximum atomic E-state index is 5.36. The van der Waals surface area contributed by atoms with E-state index in [-0.39, 0.29) is 0 Å². The second kappa shape index (κ2) is 5.29. The molecule has 0 spiro atoms. The van der Waals surface area contributed by atoms with Crippen molar-refractivity contribution >= 4 is 18.1 Å². The Morgan fingerprint density at radius 2 is 2.21 bits per heavy atom. The van der Waals surface area contributed by atoms with Crippen LogP contribution in [0.4, 0.5) is 5.69 Å². The molecule has 0 fully saturated rings. The number of nitrogens with two attached hydrogens (primary N) is 1. The maximum Gasteiger partial charge on any atom is 0.0716 e. The predicted molar refractivity (Wildman–Crippen MR) is 61.9 cm³/mol. The van der Waals surface area contributed by atoms with Crippen molar-refractivity contribution in [2.24, 2.45) is 15.7 Å². The fourth-order valence-electron chi connectivity index (χ4n) is 1.23. The highest BCUT2D eigenvalue weighted by Gasteiger charge is 2.00. The zero-order valence-corrected chi connectivity index (χ0v) is 8.57. The van der Waals surface area contributed by atoms with Crippen LogP contribution in [0, 0.1) is 6.92 Å². The Morgan fingerprint density at radius 1 is 1.43 bits per heavy atom. The van der Waals surface area contributed by atoms with Crippen molar-refractivity contribution in [1.82, 2.24) is 0 Å². The van der Waals surface area contributed by atoms with Crippen LogP contribution >= 0.6 is 0 Å². The molecule has 0 saturated heterocycles. The van der Waals surface area contributed by atoms with E-state index in [0.717, 1.165) is 11.3 Å². The van der Waals surface area contributed by atoms with Crippen molar-refractivity contribution in [2.75, 3.05) is 13.6 Å². The first-order chi connectivity index (χ1) is 6.79. The first-order valence-corrected chi connectivity index (χ1v) is 4.54. The molecule has 2 N–H and O–H groups in total. The van der Waals surface area contributed by atoms with E-state index in [1.165, 1.54) is 5.56 Å². The lowest BCUT2D eigenvalue weighted by molar-refractivity contribution is 1.32. The molecule has 3 heteroatoms. The summed E-state index contributed by atoms with van der Waals surface area (Å²) in [4.78, 5) is 8.27. The monoisotopic (exact) mass is 189 g/mol. The Hall–Kier alpha value is -1.48. The van der Waals surface area contributed by atoms with E-state index >= 15 is 0 Å². The van der Waals surface area contributed by atoms with Gasteiger partial charge in [-0.15, -0.1) is 0 Å². The quantitative estimate of drug-likeness (QED) is 0.723. The minimum absolute atomic E-state index is 0.455. The molecule has 0 aliphatic rings. The molecule has 14 heavy (non-hydrogen) atoms. The van der Waals surface area contributed by atoms with E-state index in [9.17, 15) is 0 Å². The SMILES string of the molecule is CN=Cc1c(C)cccc1N=CCN. The number of benzene rings is 1. The Labute approximate surface area is 84.4 Å². The van der Waals surface area contributed by atoms with E-state index in [1.54, 1.807) is 13.3 Å². The maximum absolute atomic E-state index is 5.36. The van der Waals surface area contributed by atoms with Gasteiger partial charge in [0.1, 0.15) is 0 Å². The summed E-state index contributed by atoms with van der Waals surface area (Å²) in [7, 11) is 1.75. The van der Waals surface area contributed by atoms with Gasteiger partial charge in [-0.2, -0.15) is 0 Å². The fraction of sp³-hybridized carbons (Fsp3) is 0.273. The van der Waals surface area contributed by atoms with Crippen LogP contribution in [0.3, 0.4) is 0 Å². The summed E-state index contributed by atoms with van der Waals surface area (Å²) in [5, 5.41) is 0. The van der Waals surface area contributed by atoms with Crippen LogP contribution in [0.1, 0.15) is 11.1 Å². The summed E-state index contributed by atoms with van der Waals surface area (Å²) >= 11 is 0. The summed E-state index contributed by atoms with van der Waals surface area (Å²) in [6, 6.07) is 5.97. The third-order valence-corrected chi connectivity index (χ3v) is 1.90. The molecule has 0 bridgehead atoms. The molecule has 1 rings (SSSR count). The predicted octanol–water partition coefficient (Wildman–Crippen LogP) is 1.70. The molecular formula is C11H15N3. The fourth-order valence-corrected chi connectivity index (χ4v) is 1.23. The minimum Gasteiger partial charge on any atom is -0.326 e. The number of nitrogens with zero attached hydrogens (tertiary/aromatic N) is 2. The summed E-state index contributed by atoms with van der Waals surface area (Å²) in [5.74, 6) is 0. The number of rotatable bonds is 3. The average molecular weight is 189 g/mol. The van der Waals surface area contributed by atoms with Crippen LogP contribution in [-0.2, 0) is 0 Å². The van der Waals surface area contributed by atoms with Gasteiger partial charge in [-0.05, 0) is 18.6 Å². The molecule has 74 valence electrons. The Bertz CT molecular complexity index is 354. The van der Waals surface area contributed by atoms with Crippen molar-refractivity contribution in [3.63, 3.8) is 0 Å². The molecule has 0 aliphatic heterocycles. The molecule has 0 radical (unpaired) electrons. The smallest absolute Gasteiger partial charge is 0.0716 e. The molecule has 0 saturated carbocycles. The van der Waals surface area contributed by atoms with Crippen molar-refractivity contribution < 1.29 is 0 Å². The first kappa shape index (κ1) is 10.6. The van der Waals surface area contributed by atoms with Crippen LogP contribution in [0.5, 0.6) is 0 Å². The lowest BCUT2D eigenvalue weighted by Crippen LogP contribution is -1.98. The third-order valence-electron chi connectivity index (χ3n) is 1.90. The first-order valence-electron chi connectivity index (χ1n) is 4.54. The molecular weight excluding hydrogens is 174 g/mol. The lowest BCUT2D eigenvalue weighted by Gasteiger charge is -2.03. The van der Waals surface area contributed by atoms with Gasteiger partial charge in [0, 0.05) is 31.6 Å². The molecule has 0 heterocycles. The van der Waals surface area contributed by atoms with Crippen LogP contribution < -0.4 is 5.73 Å². The molecule has 0 aromatic heterocycles. The average Bonchev–Trinajstić information content (AvgIpc) is 2.19. The number of hydrogen-bond acceptors (Lipinski definition) is 3. The standard InChI is InChI=1S/C11H15N3/c1-9-4-3-5-11(14-7-6-12)10(9)8-13-2/h3-5,7-8H,6,12H2,1-2H3. The van der Waals surface area contributed by atoms with Crippen molar-refractivity contribution in [1.29, 1.82) is 0 Å². The topological polar surface area (TPSA) is 50.7 Å². The molecule has 0 amide bonds. The normalized spacial score (nSPS) is 11.6. The van der Waals surface area contributed by atoms with Gasteiger partial charge in [0.05, 0.1) is 5.69 Å². The third kappa shape index (κ3) is 2.50. The van der Waals surface area contributed by atoms with Gasteiger partial charge in [-0.1, -0.05) is 12.1 Å². The van der Waals surface area contributed by atoms with E-state index in [2.05, 4.69) is 9.98 Å². The van der Waals surface area contributed by atoms with Gasteiger partial charge < -0.3 is 5.73 Å². The zero-order chi connectivity index (χ0) is 10.4. The van der Waals surface area contributed by atoms with E-state index in [0.29, 0.717) is 6.54 Å². The zero-order valence-electron chi connectivity index (χ0n) is 8.57. The summed E-state index contributed by atoms with van der Waals surface area (Å²) < 4.78 is 0. The van der Waals surface area contributed by atoms with Gasteiger partial charge in [-0.25, -0.2) is 0 Å². The van der Waals surface area contributed by atoms with Crippen molar-refractivity contribution in [3.05, 3.63) is 29.3 Å². The van der Waals surface area contributed by atoms with Crippen molar-refractivity contribution in [2.45, 2.75) is 6.92 Å². The second-order valence-electron chi connectivity index (χ2n) is 2.94. The molecule has 1 aromatic carbocycles. The Kier molecular flexibility index (Phi) is 4.01. The number of aryl methyl sites for hydroxylation is 1. The lowest BCUT2D eigenvalue weighted by atomic mass is 10.1.